The van der Waals surface area contributed by atoms with Gasteiger partial charge in [-0.2, -0.15) is 0 Å². The van der Waals surface area contributed by atoms with Crippen molar-refractivity contribution in [3.63, 3.8) is 0 Å². The molecule has 9 unspecified atom stereocenters. The summed E-state index contributed by atoms with van der Waals surface area (Å²) in [5, 5.41) is 0. The minimum atomic E-state index is -1.19. The fourth-order valence-corrected chi connectivity index (χ4v) is 8.84. The van der Waals surface area contributed by atoms with Crippen molar-refractivity contribution in [2.24, 2.45) is 34.5 Å². The Bertz CT molecular complexity index is 893. The monoisotopic (exact) mass is 444 g/mol. The van der Waals surface area contributed by atoms with Crippen LogP contribution in [0.2, 0.25) is 0 Å². The number of ether oxygens (including phenoxy) is 3. The number of hydrogen-bond acceptors (Lipinski definition) is 6. The molecule has 0 aromatic rings. The number of carbonyl (C=O) groups is 3. The van der Waals surface area contributed by atoms with E-state index in [2.05, 4.69) is 19.9 Å². The Morgan fingerprint density at radius 3 is 2.50 bits per heavy atom. The first kappa shape index (κ1) is 22.0. The highest BCUT2D eigenvalue weighted by molar-refractivity contribution is 5.85. The first-order valence-corrected chi connectivity index (χ1v) is 12.3. The predicted molar refractivity (Wildman–Crippen MR) is 116 cm³/mol. The van der Waals surface area contributed by atoms with Crippen molar-refractivity contribution in [2.45, 2.75) is 97.4 Å². The fourth-order valence-electron chi connectivity index (χ4n) is 8.84. The van der Waals surface area contributed by atoms with E-state index in [0.29, 0.717) is 17.8 Å². The lowest BCUT2D eigenvalue weighted by Gasteiger charge is -2.58. The normalized spacial score (nSPS) is 49.0. The Kier molecular flexibility index (Phi) is 4.86. The highest BCUT2D eigenvalue weighted by Crippen LogP contribution is 2.69. The molecular weight excluding hydrogens is 408 g/mol. The van der Waals surface area contributed by atoms with Gasteiger partial charge in [0.05, 0.1) is 5.92 Å². The van der Waals surface area contributed by atoms with E-state index in [1.165, 1.54) is 19.4 Å². The van der Waals surface area contributed by atoms with Gasteiger partial charge in [0.2, 0.25) is 5.60 Å². The Morgan fingerprint density at radius 2 is 1.81 bits per heavy atom. The van der Waals surface area contributed by atoms with Gasteiger partial charge in [0, 0.05) is 20.3 Å². The van der Waals surface area contributed by atoms with Gasteiger partial charge in [-0.1, -0.05) is 25.5 Å². The van der Waals surface area contributed by atoms with Crippen molar-refractivity contribution in [1.82, 2.24) is 0 Å². The molecule has 0 radical (unpaired) electrons. The van der Waals surface area contributed by atoms with E-state index in [-0.39, 0.29) is 40.9 Å². The van der Waals surface area contributed by atoms with Gasteiger partial charge in [0.15, 0.2) is 0 Å². The van der Waals surface area contributed by atoms with Gasteiger partial charge in [-0.15, -0.1) is 0 Å². The third-order valence-corrected chi connectivity index (χ3v) is 10.0. The Hall–Kier alpha value is -1.85. The van der Waals surface area contributed by atoms with Crippen molar-refractivity contribution in [1.29, 1.82) is 0 Å². The predicted octanol–water partition coefficient (Wildman–Crippen LogP) is 4.35. The summed E-state index contributed by atoms with van der Waals surface area (Å²) in [5.41, 5.74) is 0.344. The molecule has 0 aromatic heterocycles. The van der Waals surface area contributed by atoms with Gasteiger partial charge in [-0.05, 0) is 74.0 Å². The highest BCUT2D eigenvalue weighted by Gasteiger charge is 2.71. The third-order valence-electron chi connectivity index (χ3n) is 10.0. The van der Waals surface area contributed by atoms with Crippen LogP contribution in [0.1, 0.15) is 79.6 Å². The van der Waals surface area contributed by atoms with Crippen LogP contribution in [0.15, 0.2) is 11.6 Å². The van der Waals surface area contributed by atoms with Crippen LogP contribution in [0.4, 0.5) is 0 Å². The number of fused-ring (bicyclic) bond motifs is 7. The van der Waals surface area contributed by atoms with Crippen molar-refractivity contribution in [2.75, 3.05) is 0 Å². The molecule has 1 saturated heterocycles. The van der Waals surface area contributed by atoms with Crippen LogP contribution < -0.4 is 0 Å². The molecule has 0 bridgehead atoms. The Morgan fingerprint density at radius 1 is 1.06 bits per heavy atom. The summed E-state index contributed by atoms with van der Waals surface area (Å²) in [6.45, 7) is 9.35. The summed E-state index contributed by atoms with van der Waals surface area (Å²) in [6, 6.07) is 0. The molecule has 5 aliphatic rings. The molecule has 32 heavy (non-hydrogen) atoms. The van der Waals surface area contributed by atoms with E-state index in [1.807, 2.05) is 0 Å². The molecule has 9 atom stereocenters. The molecule has 176 valence electrons. The number of rotatable bonds is 2. The van der Waals surface area contributed by atoms with Crippen LogP contribution in [0.5, 0.6) is 0 Å². The number of allylic oxidation sites excluding steroid dienone is 1. The maximum absolute atomic E-state index is 12.7. The molecule has 5 rings (SSSR count). The lowest BCUT2D eigenvalue weighted by molar-refractivity contribution is -0.179. The van der Waals surface area contributed by atoms with Crippen LogP contribution in [0, 0.1) is 34.5 Å². The molecule has 0 amide bonds. The van der Waals surface area contributed by atoms with Crippen LogP contribution in [0.3, 0.4) is 0 Å². The molecule has 0 aromatic carbocycles. The number of esters is 3. The second-order valence-electron chi connectivity index (χ2n) is 11.6. The summed E-state index contributed by atoms with van der Waals surface area (Å²) >= 11 is 0. The van der Waals surface area contributed by atoms with E-state index < -0.39 is 11.6 Å². The first-order valence-electron chi connectivity index (χ1n) is 12.3. The third kappa shape index (κ3) is 2.93. The summed E-state index contributed by atoms with van der Waals surface area (Å²) < 4.78 is 17.1. The first-order chi connectivity index (χ1) is 15.0. The van der Waals surface area contributed by atoms with Gasteiger partial charge in [-0.25, -0.2) is 4.79 Å². The molecule has 4 fully saturated rings. The maximum Gasteiger partial charge on any atom is 0.351 e. The zero-order chi connectivity index (χ0) is 23.1. The lowest BCUT2D eigenvalue weighted by atomic mass is 9.47. The largest absolute Gasteiger partial charge is 0.462 e. The van der Waals surface area contributed by atoms with E-state index in [4.69, 9.17) is 14.2 Å². The van der Waals surface area contributed by atoms with Crippen LogP contribution >= 0.6 is 0 Å². The Labute approximate surface area is 190 Å². The van der Waals surface area contributed by atoms with Crippen molar-refractivity contribution >= 4 is 17.9 Å². The van der Waals surface area contributed by atoms with Crippen LogP contribution in [0.25, 0.3) is 0 Å². The van der Waals surface area contributed by atoms with Gasteiger partial charge < -0.3 is 14.2 Å². The van der Waals surface area contributed by atoms with E-state index in [9.17, 15) is 14.4 Å². The van der Waals surface area contributed by atoms with Crippen molar-refractivity contribution in [3.8, 4) is 0 Å². The topological polar surface area (TPSA) is 78.9 Å². The SMILES string of the molecule is CC(=O)OC1CCC2(C)C(=CCC3C2CCC2(C)C3CC3OC(=O)C(C)(OC(C)=O)C32)C1. The summed E-state index contributed by atoms with van der Waals surface area (Å²) in [6.07, 6.45) is 9.11. The van der Waals surface area contributed by atoms with Gasteiger partial charge in [-0.3, -0.25) is 9.59 Å². The molecule has 4 aliphatic carbocycles. The molecule has 3 saturated carbocycles. The maximum atomic E-state index is 12.7. The second-order valence-corrected chi connectivity index (χ2v) is 11.6. The van der Waals surface area contributed by atoms with Crippen LogP contribution in [-0.4, -0.2) is 35.7 Å². The molecule has 0 spiro atoms. The van der Waals surface area contributed by atoms with Crippen LogP contribution in [-0.2, 0) is 28.6 Å². The lowest BCUT2D eigenvalue weighted by Crippen LogP contribution is -2.54. The molecule has 6 nitrogen and oxygen atoms in total. The standard InChI is InChI=1S/C26H36O6/c1-14(27)30-17-8-10-24(3)16(12-17)6-7-18-19(24)9-11-25(4)20(18)13-21-22(25)26(5,23(29)31-21)32-15(2)28/h6,17-22H,7-13H2,1-5H3. The summed E-state index contributed by atoms with van der Waals surface area (Å²) in [7, 11) is 0. The summed E-state index contributed by atoms with van der Waals surface area (Å²) in [4.78, 5) is 36.1. The molecular formula is C26H36O6. The highest BCUT2D eigenvalue weighted by atomic mass is 16.6. The smallest absolute Gasteiger partial charge is 0.351 e. The average Bonchev–Trinajstić information content (AvgIpc) is 3.12. The van der Waals surface area contributed by atoms with Crippen molar-refractivity contribution < 1.29 is 28.6 Å². The average molecular weight is 445 g/mol. The van der Waals surface area contributed by atoms with Crippen molar-refractivity contribution in [3.05, 3.63) is 11.6 Å². The second kappa shape index (κ2) is 7.07. The summed E-state index contributed by atoms with van der Waals surface area (Å²) in [5.74, 6) is 0.491. The van der Waals surface area contributed by atoms with E-state index >= 15 is 0 Å². The quantitative estimate of drug-likeness (QED) is 0.358. The molecule has 0 N–H and O–H groups in total. The number of hydrogen-bond donors (Lipinski definition) is 0. The minimum absolute atomic E-state index is 0.00641. The fraction of sp³-hybridized carbons (Fsp3) is 0.808. The van der Waals surface area contributed by atoms with Gasteiger partial charge in [0.25, 0.3) is 0 Å². The Balaban J connectivity index is 1.43. The van der Waals surface area contributed by atoms with Gasteiger partial charge in [0.1, 0.15) is 12.2 Å². The zero-order valence-corrected chi connectivity index (χ0v) is 19.9. The van der Waals surface area contributed by atoms with E-state index in [1.54, 1.807) is 6.92 Å². The zero-order valence-electron chi connectivity index (χ0n) is 19.9. The molecule has 1 heterocycles. The number of carbonyl (C=O) groups excluding carboxylic acids is 3. The molecule has 1 aliphatic heterocycles. The molecule has 6 heteroatoms. The minimum Gasteiger partial charge on any atom is -0.462 e. The van der Waals surface area contributed by atoms with E-state index in [0.717, 1.165) is 44.9 Å². The van der Waals surface area contributed by atoms with Gasteiger partial charge >= 0.3 is 17.9 Å².